The fourth-order valence-electron chi connectivity index (χ4n) is 0.873. The van der Waals surface area contributed by atoms with Crippen LogP contribution in [0.2, 0.25) is 0 Å². The molecular weight excluding hydrogens is 166 g/mol. The lowest BCUT2D eigenvalue weighted by molar-refractivity contribution is 1.02. The number of hydrogen-bond donors (Lipinski definition) is 0. The van der Waals surface area contributed by atoms with E-state index in [9.17, 15) is 0 Å². The summed E-state index contributed by atoms with van der Waals surface area (Å²) in [6, 6.07) is 0. The highest BCUT2D eigenvalue weighted by Crippen LogP contribution is 2.18. The maximum atomic E-state index is 5.62. The zero-order valence-corrected chi connectivity index (χ0v) is 7.72. The first-order valence-corrected chi connectivity index (χ1v) is 4.64. The van der Waals surface area contributed by atoms with Crippen molar-refractivity contribution in [2.75, 3.05) is 0 Å². The molecule has 0 aliphatic rings. The van der Waals surface area contributed by atoms with Gasteiger partial charge in [0.25, 0.3) is 0 Å². The molecule has 10 heavy (non-hydrogen) atoms. The molecule has 1 heterocycles. The Labute approximate surface area is 70.1 Å². The summed E-state index contributed by atoms with van der Waals surface area (Å²) in [5, 5.41) is 1.04. The second-order valence-electron chi connectivity index (χ2n) is 2.10. The molecule has 1 nitrogen and oxygen atoms in total. The van der Waals surface area contributed by atoms with Crippen molar-refractivity contribution >= 4 is 22.9 Å². The van der Waals surface area contributed by atoms with Gasteiger partial charge in [0.15, 0.2) is 0 Å². The molecule has 1 aromatic heterocycles. The lowest BCUT2D eigenvalue weighted by Gasteiger charge is -1.86. The van der Waals surface area contributed by atoms with Crippen LogP contribution in [-0.4, -0.2) is 4.98 Å². The molecule has 0 saturated heterocycles. The van der Waals surface area contributed by atoms with Gasteiger partial charge in [-0.3, -0.25) is 0 Å². The lowest BCUT2D eigenvalue weighted by atomic mass is 10.3. The summed E-state index contributed by atoms with van der Waals surface area (Å²) in [5.41, 5.74) is 1.20. The Balaban J connectivity index is 2.92. The predicted molar refractivity (Wildman–Crippen MR) is 45.8 cm³/mol. The SMILES string of the molecule is CCc1nc(CCl)sc1C. The first kappa shape index (κ1) is 8.02. The topological polar surface area (TPSA) is 12.9 Å². The number of halogens is 1. The normalized spacial score (nSPS) is 10.3. The van der Waals surface area contributed by atoms with Gasteiger partial charge in [-0.15, -0.1) is 22.9 Å². The molecule has 0 bridgehead atoms. The number of aromatic nitrogens is 1. The second kappa shape index (κ2) is 3.35. The maximum absolute atomic E-state index is 5.62. The van der Waals surface area contributed by atoms with E-state index in [1.54, 1.807) is 11.3 Å². The Morgan fingerprint density at radius 3 is 2.60 bits per heavy atom. The first-order valence-electron chi connectivity index (χ1n) is 3.29. The minimum absolute atomic E-state index is 0.547. The van der Waals surface area contributed by atoms with E-state index in [4.69, 9.17) is 11.6 Å². The van der Waals surface area contributed by atoms with Crippen LogP contribution < -0.4 is 0 Å². The molecule has 0 fully saturated rings. The van der Waals surface area contributed by atoms with E-state index < -0.39 is 0 Å². The summed E-state index contributed by atoms with van der Waals surface area (Å²) < 4.78 is 0. The molecule has 0 aliphatic carbocycles. The Kier molecular flexibility index (Phi) is 2.69. The largest absolute Gasteiger partial charge is 0.245 e. The molecule has 0 spiro atoms. The van der Waals surface area contributed by atoms with Gasteiger partial charge in [0.2, 0.25) is 0 Å². The minimum Gasteiger partial charge on any atom is -0.245 e. The van der Waals surface area contributed by atoms with Crippen LogP contribution in [0.25, 0.3) is 0 Å². The molecule has 0 aromatic carbocycles. The highest BCUT2D eigenvalue weighted by Gasteiger charge is 2.03. The van der Waals surface area contributed by atoms with E-state index in [0.717, 1.165) is 11.4 Å². The summed E-state index contributed by atoms with van der Waals surface area (Å²) in [5.74, 6) is 0.547. The summed E-state index contributed by atoms with van der Waals surface area (Å²) in [4.78, 5) is 5.64. The summed E-state index contributed by atoms with van der Waals surface area (Å²) in [6.07, 6.45) is 1.01. The van der Waals surface area contributed by atoms with E-state index >= 15 is 0 Å². The molecule has 0 radical (unpaired) electrons. The molecular formula is C7H10ClNS. The van der Waals surface area contributed by atoms with Crippen molar-refractivity contribution in [3.63, 3.8) is 0 Å². The van der Waals surface area contributed by atoms with Crippen LogP contribution in [0, 0.1) is 6.92 Å². The average molecular weight is 176 g/mol. The van der Waals surface area contributed by atoms with Crippen LogP contribution in [0.15, 0.2) is 0 Å². The monoisotopic (exact) mass is 175 g/mol. The van der Waals surface area contributed by atoms with Gasteiger partial charge in [-0.2, -0.15) is 0 Å². The van der Waals surface area contributed by atoms with Gasteiger partial charge in [0.1, 0.15) is 5.01 Å². The van der Waals surface area contributed by atoms with Gasteiger partial charge in [0, 0.05) is 4.88 Å². The van der Waals surface area contributed by atoms with E-state index in [1.165, 1.54) is 10.6 Å². The molecule has 0 atom stereocenters. The van der Waals surface area contributed by atoms with Crippen molar-refractivity contribution in [1.82, 2.24) is 4.98 Å². The van der Waals surface area contributed by atoms with E-state index in [1.807, 2.05) is 0 Å². The summed E-state index contributed by atoms with van der Waals surface area (Å²) in [6.45, 7) is 4.20. The van der Waals surface area contributed by atoms with Gasteiger partial charge in [-0.25, -0.2) is 4.98 Å². The predicted octanol–water partition coefficient (Wildman–Crippen LogP) is 2.75. The van der Waals surface area contributed by atoms with E-state index in [2.05, 4.69) is 18.8 Å². The van der Waals surface area contributed by atoms with Crippen molar-refractivity contribution < 1.29 is 0 Å². The van der Waals surface area contributed by atoms with Crippen molar-refractivity contribution in [2.24, 2.45) is 0 Å². The third-order valence-corrected chi connectivity index (χ3v) is 2.81. The average Bonchev–Trinajstić information content (AvgIpc) is 2.30. The number of rotatable bonds is 2. The molecule has 0 aliphatic heterocycles. The van der Waals surface area contributed by atoms with Crippen molar-refractivity contribution in [2.45, 2.75) is 26.1 Å². The van der Waals surface area contributed by atoms with Gasteiger partial charge in [-0.05, 0) is 13.3 Å². The van der Waals surface area contributed by atoms with E-state index in [0.29, 0.717) is 5.88 Å². The Bertz CT molecular complexity index is 219. The van der Waals surface area contributed by atoms with Crippen LogP contribution in [-0.2, 0) is 12.3 Å². The van der Waals surface area contributed by atoms with Gasteiger partial charge >= 0.3 is 0 Å². The van der Waals surface area contributed by atoms with Crippen LogP contribution in [0.4, 0.5) is 0 Å². The van der Waals surface area contributed by atoms with Crippen molar-refractivity contribution in [3.8, 4) is 0 Å². The third-order valence-electron chi connectivity index (χ3n) is 1.39. The van der Waals surface area contributed by atoms with Crippen molar-refractivity contribution in [1.29, 1.82) is 0 Å². The molecule has 1 aromatic rings. The first-order chi connectivity index (χ1) is 4.77. The maximum Gasteiger partial charge on any atom is 0.108 e. The lowest BCUT2D eigenvalue weighted by Crippen LogP contribution is -1.82. The molecule has 0 unspecified atom stereocenters. The van der Waals surface area contributed by atoms with Crippen LogP contribution in [0.1, 0.15) is 22.5 Å². The molecule has 0 N–H and O–H groups in total. The molecule has 1 rings (SSSR count). The summed E-state index contributed by atoms with van der Waals surface area (Å²) >= 11 is 7.31. The van der Waals surface area contributed by atoms with Crippen LogP contribution in [0.3, 0.4) is 0 Å². The Morgan fingerprint density at radius 2 is 2.30 bits per heavy atom. The number of aryl methyl sites for hydroxylation is 2. The molecule has 56 valence electrons. The van der Waals surface area contributed by atoms with Gasteiger partial charge < -0.3 is 0 Å². The van der Waals surface area contributed by atoms with Crippen molar-refractivity contribution in [3.05, 3.63) is 15.6 Å². The zero-order valence-electron chi connectivity index (χ0n) is 6.15. The third kappa shape index (κ3) is 1.50. The Hall–Kier alpha value is -0.0800. The number of thiazole rings is 1. The Morgan fingerprint density at radius 1 is 1.60 bits per heavy atom. The van der Waals surface area contributed by atoms with Gasteiger partial charge in [0.05, 0.1) is 11.6 Å². The minimum atomic E-state index is 0.547. The number of alkyl halides is 1. The molecule has 0 saturated carbocycles. The second-order valence-corrected chi connectivity index (χ2v) is 3.65. The standard InChI is InChI=1S/C7H10ClNS/c1-3-6-5(2)10-7(4-8)9-6/h3-4H2,1-2H3. The van der Waals surface area contributed by atoms with Crippen LogP contribution >= 0.6 is 22.9 Å². The van der Waals surface area contributed by atoms with Crippen LogP contribution in [0.5, 0.6) is 0 Å². The molecule has 3 heteroatoms. The quantitative estimate of drug-likeness (QED) is 0.630. The highest BCUT2D eigenvalue weighted by molar-refractivity contribution is 7.11. The van der Waals surface area contributed by atoms with E-state index in [-0.39, 0.29) is 0 Å². The number of nitrogens with zero attached hydrogens (tertiary/aromatic N) is 1. The van der Waals surface area contributed by atoms with Gasteiger partial charge in [-0.1, -0.05) is 6.92 Å². The summed E-state index contributed by atoms with van der Waals surface area (Å²) in [7, 11) is 0. The fraction of sp³-hybridized carbons (Fsp3) is 0.571. The molecule has 0 amide bonds. The zero-order chi connectivity index (χ0) is 7.56. The smallest absolute Gasteiger partial charge is 0.108 e. The fourth-order valence-corrected chi connectivity index (χ4v) is 1.97. The number of hydrogen-bond acceptors (Lipinski definition) is 2. The highest BCUT2D eigenvalue weighted by atomic mass is 35.5.